The number of carbonyl (C=O) groups is 2. The second kappa shape index (κ2) is 7.12. The number of hydrogen-bond acceptors (Lipinski definition) is 6. The third kappa shape index (κ3) is 3.19. The van der Waals surface area contributed by atoms with Crippen LogP contribution in [0.3, 0.4) is 0 Å². The summed E-state index contributed by atoms with van der Waals surface area (Å²) in [5.41, 5.74) is -0.326. The minimum atomic E-state index is -0.369. The lowest BCUT2D eigenvalue weighted by Crippen LogP contribution is -2.46. The quantitative estimate of drug-likeness (QED) is 0.785. The van der Waals surface area contributed by atoms with Crippen LogP contribution in [-0.4, -0.2) is 45.4 Å². The lowest BCUT2D eigenvalue weighted by Gasteiger charge is -2.35. The molecule has 2 aromatic heterocycles. The molecule has 1 aliphatic heterocycles. The second-order valence-electron chi connectivity index (χ2n) is 5.69. The van der Waals surface area contributed by atoms with Gasteiger partial charge >= 0.3 is 5.97 Å². The lowest BCUT2D eigenvalue weighted by atomic mass is 9.98. The van der Waals surface area contributed by atoms with Gasteiger partial charge in [0.25, 0.3) is 11.5 Å². The average molecular weight is 349 g/mol. The monoisotopic (exact) mass is 349 g/mol. The first-order valence-corrected chi connectivity index (χ1v) is 8.91. The van der Waals surface area contributed by atoms with Crippen LogP contribution in [0.1, 0.15) is 43.0 Å². The van der Waals surface area contributed by atoms with Crippen molar-refractivity contribution in [1.82, 2.24) is 14.3 Å². The maximum Gasteiger partial charge on any atom is 0.307 e. The summed E-state index contributed by atoms with van der Waals surface area (Å²) in [4.78, 5) is 43.5. The van der Waals surface area contributed by atoms with Crippen molar-refractivity contribution in [3.05, 3.63) is 33.7 Å². The Kier molecular flexibility index (Phi) is 4.94. The highest BCUT2D eigenvalue weighted by Gasteiger charge is 2.31. The zero-order valence-corrected chi connectivity index (χ0v) is 14.3. The molecule has 1 aliphatic rings. The Balaban J connectivity index is 1.86. The zero-order valence-electron chi connectivity index (χ0n) is 13.4. The van der Waals surface area contributed by atoms with Crippen molar-refractivity contribution >= 4 is 28.2 Å². The van der Waals surface area contributed by atoms with E-state index in [-0.39, 0.29) is 35.5 Å². The smallest absolute Gasteiger partial charge is 0.307 e. The molecule has 1 fully saturated rings. The summed E-state index contributed by atoms with van der Waals surface area (Å²) in [6.07, 6.45) is 5.66. The number of rotatable bonds is 4. The summed E-state index contributed by atoms with van der Waals surface area (Å²) in [5.74, 6) is -0.674. The Morgan fingerprint density at radius 2 is 2.25 bits per heavy atom. The summed E-state index contributed by atoms with van der Waals surface area (Å²) >= 11 is 1.34. The second-order valence-corrected chi connectivity index (χ2v) is 6.56. The Labute approximate surface area is 142 Å². The Morgan fingerprint density at radius 3 is 3.04 bits per heavy atom. The molecule has 2 aromatic rings. The van der Waals surface area contributed by atoms with Gasteiger partial charge in [-0.25, -0.2) is 4.98 Å². The van der Waals surface area contributed by atoms with E-state index < -0.39 is 0 Å². The van der Waals surface area contributed by atoms with Crippen molar-refractivity contribution < 1.29 is 14.3 Å². The van der Waals surface area contributed by atoms with Crippen LogP contribution >= 0.6 is 11.3 Å². The predicted octanol–water partition coefficient (Wildman–Crippen LogP) is 1.70. The molecule has 0 aromatic carbocycles. The Hall–Kier alpha value is -2.22. The molecule has 1 unspecified atom stereocenters. The molecule has 0 spiro atoms. The van der Waals surface area contributed by atoms with Gasteiger partial charge in [-0.15, -0.1) is 11.3 Å². The van der Waals surface area contributed by atoms with E-state index in [0.717, 1.165) is 19.3 Å². The highest BCUT2D eigenvalue weighted by Crippen LogP contribution is 2.22. The van der Waals surface area contributed by atoms with Gasteiger partial charge in [0.05, 0.1) is 13.0 Å². The first-order valence-electron chi connectivity index (χ1n) is 8.03. The van der Waals surface area contributed by atoms with Gasteiger partial charge < -0.3 is 9.64 Å². The predicted molar refractivity (Wildman–Crippen MR) is 89.3 cm³/mol. The number of piperidine rings is 1. The minimum absolute atomic E-state index is 0.0432. The molecule has 3 heterocycles. The average Bonchev–Trinajstić information content (AvgIpc) is 3.05. The maximum atomic E-state index is 12.9. The van der Waals surface area contributed by atoms with E-state index in [1.54, 1.807) is 23.4 Å². The van der Waals surface area contributed by atoms with E-state index in [1.807, 2.05) is 0 Å². The van der Waals surface area contributed by atoms with Gasteiger partial charge in [-0.2, -0.15) is 0 Å². The number of ether oxygens (including phenoxy) is 1. The summed E-state index contributed by atoms with van der Waals surface area (Å²) in [5, 5.41) is 1.75. The first kappa shape index (κ1) is 16.6. The summed E-state index contributed by atoms with van der Waals surface area (Å²) in [6.45, 7) is 2.61. The molecule has 0 radical (unpaired) electrons. The van der Waals surface area contributed by atoms with Crippen molar-refractivity contribution in [3.8, 4) is 0 Å². The fourth-order valence-electron chi connectivity index (χ4n) is 3.02. The van der Waals surface area contributed by atoms with Gasteiger partial charge in [-0.3, -0.25) is 18.8 Å². The van der Waals surface area contributed by atoms with Crippen LogP contribution in [-0.2, 0) is 9.53 Å². The summed E-state index contributed by atoms with van der Waals surface area (Å²) in [7, 11) is 0. The van der Waals surface area contributed by atoms with Crippen LogP contribution in [0.5, 0.6) is 0 Å². The van der Waals surface area contributed by atoms with Gasteiger partial charge in [0.15, 0.2) is 4.96 Å². The van der Waals surface area contributed by atoms with E-state index in [9.17, 15) is 14.4 Å². The zero-order chi connectivity index (χ0) is 17.1. The molecule has 7 nitrogen and oxygen atoms in total. The molecule has 0 bridgehead atoms. The fourth-order valence-corrected chi connectivity index (χ4v) is 3.69. The highest BCUT2D eigenvalue weighted by molar-refractivity contribution is 7.15. The van der Waals surface area contributed by atoms with Crippen molar-refractivity contribution in [2.75, 3.05) is 13.2 Å². The fraction of sp³-hybridized carbons (Fsp3) is 0.500. The molecule has 0 saturated carbocycles. The van der Waals surface area contributed by atoms with Crippen LogP contribution in [0.15, 0.2) is 22.6 Å². The van der Waals surface area contributed by atoms with Crippen molar-refractivity contribution in [3.63, 3.8) is 0 Å². The molecule has 128 valence electrons. The number of esters is 1. The molecule has 1 amide bonds. The van der Waals surface area contributed by atoms with E-state index >= 15 is 0 Å². The first-order chi connectivity index (χ1) is 11.6. The van der Waals surface area contributed by atoms with Gasteiger partial charge in [-0.05, 0) is 26.2 Å². The third-order valence-electron chi connectivity index (χ3n) is 4.17. The normalized spacial score (nSPS) is 17.9. The number of amides is 1. The number of likely N-dealkylation sites (tertiary alicyclic amines) is 1. The largest absolute Gasteiger partial charge is 0.466 e. The molecule has 1 atom stereocenters. The SMILES string of the molecule is CCOC(=O)CC1CCCCN1C(=O)c1cnc2sccn2c1=O. The molecular weight excluding hydrogens is 330 g/mol. The van der Waals surface area contributed by atoms with Crippen LogP contribution in [0.25, 0.3) is 4.96 Å². The number of carbonyl (C=O) groups excluding carboxylic acids is 2. The summed E-state index contributed by atoms with van der Waals surface area (Å²) in [6, 6.07) is -0.229. The van der Waals surface area contributed by atoms with Crippen LogP contribution < -0.4 is 5.56 Å². The van der Waals surface area contributed by atoms with Crippen LogP contribution in [0.4, 0.5) is 0 Å². The van der Waals surface area contributed by atoms with E-state index in [1.165, 1.54) is 21.9 Å². The maximum absolute atomic E-state index is 12.9. The van der Waals surface area contributed by atoms with Crippen molar-refractivity contribution in [1.29, 1.82) is 0 Å². The molecule has 8 heteroatoms. The number of aromatic nitrogens is 2. The lowest BCUT2D eigenvalue weighted by molar-refractivity contribution is -0.144. The van der Waals surface area contributed by atoms with E-state index in [4.69, 9.17) is 4.74 Å². The van der Waals surface area contributed by atoms with Gasteiger partial charge in [0, 0.05) is 30.4 Å². The Bertz CT molecular complexity index is 813. The topological polar surface area (TPSA) is 81.0 Å². The molecule has 1 saturated heterocycles. The van der Waals surface area contributed by atoms with Gasteiger partial charge in [0.2, 0.25) is 0 Å². The van der Waals surface area contributed by atoms with E-state index in [2.05, 4.69) is 4.98 Å². The third-order valence-corrected chi connectivity index (χ3v) is 4.94. The minimum Gasteiger partial charge on any atom is -0.466 e. The van der Waals surface area contributed by atoms with Crippen LogP contribution in [0.2, 0.25) is 0 Å². The van der Waals surface area contributed by atoms with Gasteiger partial charge in [0.1, 0.15) is 5.56 Å². The molecule has 0 N–H and O–H groups in total. The Morgan fingerprint density at radius 1 is 1.42 bits per heavy atom. The number of thiazole rings is 1. The number of hydrogen-bond donors (Lipinski definition) is 0. The van der Waals surface area contributed by atoms with Crippen molar-refractivity contribution in [2.24, 2.45) is 0 Å². The molecule has 0 aliphatic carbocycles. The van der Waals surface area contributed by atoms with E-state index in [0.29, 0.717) is 18.1 Å². The van der Waals surface area contributed by atoms with Crippen LogP contribution in [0, 0.1) is 0 Å². The summed E-state index contributed by atoms with van der Waals surface area (Å²) < 4.78 is 6.37. The standard InChI is InChI=1S/C16H19N3O4S/c1-2-23-13(20)9-11-5-3-4-6-18(11)14(21)12-10-17-16-19(15(12)22)7-8-24-16/h7-8,10-11H,2-6,9H2,1H3. The number of fused-ring (bicyclic) bond motifs is 1. The molecule has 24 heavy (non-hydrogen) atoms. The molecular formula is C16H19N3O4S. The molecule has 3 rings (SSSR count). The highest BCUT2D eigenvalue weighted by atomic mass is 32.1. The van der Waals surface area contributed by atoms with Gasteiger partial charge in [-0.1, -0.05) is 0 Å². The number of nitrogens with zero attached hydrogens (tertiary/aromatic N) is 3. The van der Waals surface area contributed by atoms with Crippen molar-refractivity contribution in [2.45, 2.75) is 38.6 Å².